The SMILES string of the molecule is COCC(N)C(=O)NCCC1CC(C)N(Cc2ccccc2)C1. The summed E-state index contributed by atoms with van der Waals surface area (Å²) in [4.78, 5) is 14.3. The number of benzene rings is 1. The maximum atomic E-state index is 11.8. The van der Waals surface area contributed by atoms with E-state index in [1.165, 1.54) is 12.0 Å². The summed E-state index contributed by atoms with van der Waals surface area (Å²) < 4.78 is 4.90. The highest BCUT2D eigenvalue weighted by molar-refractivity contribution is 5.81. The van der Waals surface area contributed by atoms with Gasteiger partial charge in [-0.1, -0.05) is 30.3 Å². The Hall–Kier alpha value is -1.43. The van der Waals surface area contributed by atoms with Gasteiger partial charge in [0.15, 0.2) is 0 Å². The number of hydrogen-bond acceptors (Lipinski definition) is 4. The smallest absolute Gasteiger partial charge is 0.239 e. The molecular formula is C18H29N3O2. The lowest BCUT2D eigenvalue weighted by atomic mass is 10.0. The Kier molecular flexibility index (Phi) is 7.02. The molecule has 0 saturated carbocycles. The number of nitrogens with zero attached hydrogens (tertiary/aromatic N) is 1. The van der Waals surface area contributed by atoms with Crippen molar-refractivity contribution in [2.24, 2.45) is 11.7 Å². The molecule has 0 radical (unpaired) electrons. The third-order valence-electron chi connectivity index (χ3n) is 4.55. The number of carbonyl (C=O) groups is 1. The molecule has 1 heterocycles. The van der Waals surface area contributed by atoms with Crippen LogP contribution in [0.5, 0.6) is 0 Å². The van der Waals surface area contributed by atoms with E-state index in [4.69, 9.17) is 10.5 Å². The highest BCUT2D eigenvalue weighted by Gasteiger charge is 2.28. The van der Waals surface area contributed by atoms with Crippen molar-refractivity contribution in [1.82, 2.24) is 10.2 Å². The van der Waals surface area contributed by atoms with Crippen LogP contribution in [-0.4, -0.2) is 49.7 Å². The molecule has 1 aliphatic heterocycles. The Labute approximate surface area is 139 Å². The molecule has 5 heteroatoms. The van der Waals surface area contributed by atoms with Crippen LogP contribution in [0.25, 0.3) is 0 Å². The van der Waals surface area contributed by atoms with Crippen LogP contribution < -0.4 is 11.1 Å². The summed E-state index contributed by atoms with van der Waals surface area (Å²) in [5.74, 6) is 0.506. The van der Waals surface area contributed by atoms with Crippen LogP contribution in [0.1, 0.15) is 25.3 Å². The second-order valence-corrected chi connectivity index (χ2v) is 6.51. The second kappa shape index (κ2) is 9.01. The fourth-order valence-corrected chi connectivity index (χ4v) is 3.25. The zero-order valence-corrected chi connectivity index (χ0v) is 14.2. The molecule has 5 nitrogen and oxygen atoms in total. The average Bonchev–Trinajstić information content (AvgIpc) is 2.88. The van der Waals surface area contributed by atoms with E-state index < -0.39 is 6.04 Å². The first-order valence-electron chi connectivity index (χ1n) is 8.40. The number of nitrogens with two attached hydrogens (primary N) is 1. The van der Waals surface area contributed by atoms with E-state index in [9.17, 15) is 4.79 Å². The van der Waals surface area contributed by atoms with Crippen molar-refractivity contribution in [3.05, 3.63) is 35.9 Å². The average molecular weight is 319 g/mol. The van der Waals surface area contributed by atoms with Gasteiger partial charge in [0.1, 0.15) is 6.04 Å². The lowest BCUT2D eigenvalue weighted by molar-refractivity contribution is -0.123. The van der Waals surface area contributed by atoms with Gasteiger partial charge >= 0.3 is 0 Å². The van der Waals surface area contributed by atoms with E-state index >= 15 is 0 Å². The highest BCUT2D eigenvalue weighted by Crippen LogP contribution is 2.26. The Bertz CT molecular complexity index is 480. The predicted octanol–water partition coefficient (Wildman–Crippen LogP) is 1.38. The summed E-state index contributed by atoms with van der Waals surface area (Å²) in [6.07, 6.45) is 2.19. The summed E-state index contributed by atoms with van der Waals surface area (Å²) >= 11 is 0. The fourth-order valence-electron chi connectivity index (χ4n) is 3.25. The number of nitrogens with one attached hydrogen (secondary N) is 1. The number of likely N-dealkylation sites (tertiary alicyclic amines) is 1. The number of methoxy groups -OCH3 is 1. The van der Waals surface area contributed by atoms with Crippen LogP contribution in [-0.2, 0) is 16.1 Å². The predicted molar refractivity (Wildman–Crippen MR) is 91.9 cm³/mol. The third kappa shape index (κ3) is 5.61. The largest absolute Gasteiger partial charge is 0.383 e. The molecule has 3 N–H and O–H groups in total. The summed E-state index contributed by atoms with van der Waals surface area (Å²) in [5.41, 5.74) is 7.07. The first-order valence-corrected chi connectivity index (χ1v) is 8.40. The molecule has 1 saturated heterocycles. The molecule has 1 fully saturated rings. The van der Waals surface area contributed by atoms with Gasteiger partial charge in [-0.3, -0.25) is 9.69 Å². The number of carbonyl (C=O) groups excluding carboxylic acids is 1. The van der Waals surface area contributed by atoms with Crippen LogP contribution in [0, 0.1) is 5.92 Å². The molecule has 0 aliphatic carbocycles. The summed E-state index contributed by atoms with van der Waals surface area (Å²) in [6, 6.07) is 10.6. The van der Waals surface area contributed by atoms with Gasteiger partial charge < -0.3 is 15.8 Å². The maximum absolute atomic E-state index is 11.8. The highest BCUT2D eigenvalue weighted by atomic mass is 16.5. The molecule has 1 amide bonds. The summed E-state index contributed by atoms with van der Waals surface area (Å²) in [7, 11) is 1.55. The second-order valence-electron chi connectivity index (χ2n) is 6.51. The Morgan fingerprint density at radius 3 is 2.87 bits per heavy atom. The number of hydrogen-bond donors (Lipinski definition) is 2. The van der Waals surface area contributed by atoms with E-state index in [1.54, 1.807) is 7.11 Å². The van der Waals surface area contributed by atoms with Crippen LogP contribution >= 0.6 is 0 Å². The van der Waals surface area contributed by atoms with E-state index in [-0.39, 0.29) is 12.5 Å². The molecule has 3 unspecified atom stereocenters. The zero-order valence-electron chi connectivity index (χ0n) is 14.2. The minimum atomic E-state index is -0.572. The lowest BCUT2D eigenvalue weighted by Crippen LogP contribution is -2.44. The molecule has 3 atom stereocenters. The molecule has 23 heavy (non-hydrogen) atoms. The first-order chi connectivity index (χ1) is 11.1. The van der Waals surface area contributed by atoms with Crippen LogP contribution in [0.4, 0.5) is 0 Å². The lowest BCUT2D eigenvalue weighted by Gasteiger charge is -2.21. The standard InChI is InChI=1S/C18H29N3O2/c1-14-10-16(8-9-20-18(22)17(19)13-23-2)12-21(14)11-15-6-4-3-5-7-15/h3-7,14,16-17H,8-13,19H2,1-2H3,(H,20,22). The van der Waals surface area contributed by atoms with Crippen molar-refractivity contribution >= 4 is 5.91 Å². The molecule has 2 rings (SSSR count). The fraction of sp³-hybridized carbons (Fsp3) is 0.611. The van der Waals surface area contributed by atoms with Crippen molar-refractivity contribution in [2.45, 2.75) is 38.4 Å². The van der Waals surface area contributed by atoms with Crippen LogP contribution in [0.2, 0.25) is 0 Å². The molecule has 0 spiro atoms. The van der Waals surface area contributed by atoms with Crippen molar-refractivity contribution in [3.63, 3.8) is 0 Å². The number of ether oxygens (including phenoxy) is 1. The van der Waals surface area contributed by atoms with Gasteiger partial charge in [-0.25, -0.2) is 0 Å². The summed E-state index contributed by atoms with van der Waals surface area (Å²) in [6.45, 7) is 5.33. The maximum Gasteiger partial charge on any atom is 0.239 e. The van der Waals surface area contributed by atoms with Crippen LogP contribution in [0.15, 0.2) is 30.3 Å². The Balaban J connectivity index is 1.71. The van der Waals surface area contributed by atoms with Gasteiger partial charge in [-0.2, -0.15) is 0 Å². The van der Waals surface area contributed by atoms with Crippen LogP contribution in [0.3, 0.4) is 0 Å². The molecule has 1 aromatic rings. The van der Waals surface area contributed by atoms with E-state index in [0.717, 1.165) is 19.5 Å². The molecular weight excluding hydrogens is 290 g/mol. The summed E-state index contributed by atoms with van der Waals surface area (Å²) in [5, 5.41) is 2.91. The normalized spacial score (nSPS) is 22.9. The van der Waals surface area contributed by atoms with Crippen molar-refractivity contribution in [3.8, 4) is 0 Å². The van der Waals surface area contributed by atoms with E-state index in [1.807, 2.05) is 0 Å². The van der Waals surface area contributed by atoms with Gasteiger partial charge in [0, 0.05) is 32.8 Å². The van der Waals surface area contributed by atoms with Gasteiger partial charge in [0.05, 0.1) is 6.61 Å². The van der Waals surface area contributed by atoms with Crippen molar-refractivity contribution in [1.29, 1.82) is 0 Å². The molecule has 0 aromatic heterocycles. The number of amides is 1. The van der Waals surface area contributed by atoms with Crippen molar-refractivity contribution in [2.75, 3.05) is 26.8 Å². The minimum Gasteiger partial charge on any atom is -0.383 e. The number of rotatable bonds is 8. The Morgan fingerprint density at radius 1 is 1.43 bits per heavy atom. The van der Waals surface area contributed by atoms with Gasteiger partial charge in [0.25, 0.3) is 0 Å². The monoisotopic (exact) mass is 319 g/mol. The molecule has 1 aromatic carbocycles. The third-order valence-corrected chi connectivity index (χ3v) is 4.55. The first kappa shape index (κ1) is 17.9. The van der Waals surface area contributed by atoms with E-state index in [2.05, 4.69) is 47.5 Å². The quantitative estimate of drug-likeness (QED) is 0.759. The zero-order chi connectivity index (χ0) is 16.7. The van der Waals surface area contributed by atoms with E-state index in [0.29, 0.717) is 18.5 Å². The molecule has 128 valence electrons. The molecule has 0 bridgehead atoms. The topological polar surface area (TPSA) is 67.6 Å². The Morgan fingerprint density at radius 2 is 2.17 bits per heavy atom. The van der Waals surface area contributed by atoms with Gasteiger partial charge in [-0.15, -0.1) is 0 Å². The van der Waals surface area contributed by atoms with Gasteiger partial charge in [-0.05, 0) is 31.2 Å². The minimum absolute atomic E-state index is 0.126. The van der Waals surface area contributed by atoms with Crippen molar-refractivity contribution < 1.29 is 9.53 Å². The van der Waals surface area contributed by atoms with Gasteiger partial charge in [0.2, 0.25) is 5.91 Å². The molecule has 1 aliphatic rings.